The second-order valence-corrected chi connectivity index (χ2v) is 20.6. The highest BCUT2D eigenvalue weighted by atomic mass is 28.3. The van der Waals surface area contributed by atoms with Crippen LogP contribution in [0, 0.1) is 22.9 Å². The van der Waals surface area contributed by atoms with Crippen molar-refractivity contribution >= 4 is 27.5 Å². The second kappa shape index (κ2) is 10.1. The van der Waals surface area contributed by atoms with Gasteiger partial charge in [-0.3, -0.25) is 5.01 Å². The fourth-order valence-corrected chi connectivity index (χ4v) is 4.86. The van der Waals surface area contributed by atoms with Gasteiger partial charge in [-0.2, -0.15) is 5.10 Å². The van der Waals surface area contributed by atoms with Gasteiger partial charge in [-0.25, -0.2) is 0 Å². The third kappa shape index (κ3) is 6.86. The first kappa shape index (κ1) is 24.8. The molecule has 1 atom stereocenters. The van der Waals surface area contributed by atoms with Crippen LogP contribution in [0.25, 0.3) is 0 Å². The fourth-order valence-electron chi connectivity index (χ4n) is 3.82. The van der Waals surface area contributed by atoms with E-state index in [2.05, 4.69) is 140 Å². The van der Waals surface area contributed by atoms with Crippen LogP contribution in [-0.4, -0.2) is 21.9 Å². The Balaban J connectivity index is 1.62. The number of para-hydroxylation sites is 1. The molecular weight excluding hydrogens is 457 g/mol. The third-order valence-corrected chi connectivity index (χ3v) is 7.36. The van der Waals surface area contributed by atoms with Gasteiger partial charge in [0, 0.05) is 17.5 Å². The first-order valence-electron chi connectivity index (χ1n) is 12.3. The lowest BCUT2D eigenvalue weighted by molar-refractivity contribution is 0.709. The molecule has 0 spiro atoms. The molecule has 1 aliphatic rings. The molecule has 0 radical (unpaired) electrons. The first-order valence-corrected chi connectivity index (χ1v) is 19.3. The highest BCUT2D eigenvalue weighted by molar-refractivity contribution is 6.84. The molecule has 0 saturated carbocycles. The summed E-state index contributed by atoms with van der Waals surface area (Å²) in [4.78, 5) is 0. The van der Waals surface area contributed by atoms with E-state index >= 15 is 0 Å². The predicted octanol–water partition coefficient (Wildman–Crippen LogP) is 7.50. The topological polar surface area (TPSA) is 15.6 Å². The molecule has 1 unspecified atom stereocenters. The van der Waals surface area contributed by atoms with Crippen molar-refractivity contribution in [1.82, 2.24) is 0 Å². The zero-order valence-electron chi connectivity index (χ0n) is 21.7. The molecule has 35 heavy (non-hydrogen) atoms. The molecule has 176 valence electrons. The number of nitrogens with zero attached hydrogens (tertiary/aromatic N) is 2. The molecule has 4 rings (SSSR count). The van der Waals surface area contributed by atoms with Crippen LogP contribution in [0.15, 0.2) is 84.0 Å². The lowest BCUT2D eigenvalue weighted by atomic mass is 9.97. The van der Waals surface area contributed by atoms with Crippen molar-refractivity contribution in [2.45, 2.75) is 51.7 Å². The van der Waals surface area contributed by atoms with E-state index in [4.69, 9.17) is 5.10 Å². The number of hydrogen-bond donors (Lipinski definition) is 0. The van der Waals surface area contributed by atoms with E-state index < -0.39 is 16.1 Å². The van der Waals surface area contributed by atoms with Gasteiger partial charge in [0.1, 0.15) is 16.1 Å². The molecule has 0 aliphatic carbocycles. The number of rotatable bonds is 3. The summed E-state index contributed by atoms with van der Waals surface area (Å²) in [7, 11) is -2.78. The first-order chi connectivity index (χ1) is 16.6. The van der Waals surface area contributed by atoms with Crippen LogP contribution in [0.2, 0.25) is 39.3 Å². The summed E-state index contributed by atoms with van der Waals surface area (Å²) in [6.07, 6.45) is 0.856. The van der Waals surface area contributed by atoms with Gasteiger partial charge in [0.05, 0.1) is 17.4 Å². The van der Waals surface area contributed by atoms with Crippen molar-refractivity contribution in [1.29, 1.82) is 0 Å². The van der Waals surface area contributed by atoms with Gasteiger partial charge >= 0.3 is 0 Å². The van der Waals surface area contributed by atoms with Crippen molar-refractivity contribution in [2.75, 3.05) is 5.01 Å². The molecule has 0 fully saturated rings. The van der Waals surface area contributed by atoms with E-state index in [1.807, 2.05) is 6.07 Å². The van der Waals surface area contributed by atoms with Crippen LogP contribution in [0.5, 0.6) is 0 Å². The smallest absolute Gasteiger partial charge is 0.129 e. The molecule has 4 heteroatoms. The zero-order chi connectivity index (χ0) is 25.1. The highest BCUT2D eigenvalue weighted by Gasteiger charge is 2.29. The largest absolute Gasteiger partial charge is 0.257 e. The minimum absolute atomic E-state index is 0.151. The van der Waals surface area contributed by atoms with Crippen LogP contribution in [0.4, 0.5) is 5.69 Å². The standard InChI is InChI=1S/C31H34N2Si2/c1-34(2,3)22-20-25-12-16-27(17-13-25)30-24-31(33(32-30)29-10-8-7-9-11-29)28-18-14-26(15-19-28)21-23-35(4,5)6/h7-19,31H,24H2,1-6H3. The molecule has 0 bridgehead atoms. The van der Waals surface area contributed by atoms with E-state index in [0.29, 0.717) is 0 Å². The Hall–Kier alpha value is -3.32. The van der Waals surface area contributed by atoms with E-state index in [-0.39, 0.29) is 6.04 Å². The van der Waals surface area contributed by atoms with E-state index in [1.54, 1.807) is 0 Å². The Morgan fingerprint density at radius 1 is 0.686 bits per heavy atom. The molecule has 2 nitrogen and oxygen atoms in total. The number of hydrazone groups is 1. The van der Waals surface area contributed by atoms with Gasteiger partial charge in [0.15, 0.2) is 0 Å². The molecule has 0 amide bonds. The molecule has 0 aromatic heterocycles. The van der Waals surface area contributed by atoms with Gasteiger partial charge < -0.3 is 0 Å². The lowest BCUT2D eigenvalue weighted by Gasteiger charge is -2.24. The van der Waals surface area contributed by atoms with Gasteiger partial charge in [-0.1, -0.05) is 93.6 Å². The SMILES string of the molecule is C[Si](C)(C)C#Cc1ccc(C2=NN(c3ccccc3)C(c3ccc(C#C[Si](C)(C)C)cc3)C2)cc1. The summed E-state index contributed by atoms with van der Waals surface area (Å²) in [5.41, 5.74) is 13.7. The van der Waals surface area contributed by atoms with Crippen molar-refractivity contribution in [3.63, 3.8) is 0 Å². The number of hydrogen-bond acceptors (Lipinski definition) is 2. The van der Waals surface area contributed by atoms with Gasteiger partial charge in [0.2, 0.25) is 0 Å². The molecule has 1 aliphatic heterocycles. The summed E-state index contributed by atoms with van der Waals surface area (Å²) in [6, 6.07) is 27.9. The maximum Gasteiger partial charge on any atom is 0.129 e. The van der Waals surface area contributed by atoms with Crippen LogP contribution in [0.3, 0.4) is 0 Å². The van der Waals surface area contributed by atoms with Crippen LogP contribution >= 0.6 is 0 Å². The predicted molar refractivity (Wildman–Crippen MR) is 156 cm³/mol. The van der Waals surface area contributed by atoms with Gasteiger partial charge in [0.25, 0.3) is 0 Å². The summed E-state index contributed by atoms with van der Waals surface area (Å²) in [5.74, 6) is 6.71. The van der Waals surface area contributed by atoms with E-state index in [1.165, 1.54) is 5.56 Å². The lowest BCUT2D eigenvalue weighted by Crippen LogP contribution is -2.18. The van der Waals surface area contributed by atoms with Crippen LogP contribution in [0.1, 0.15) is 34.7 Å². The van der Waals surface area contributed by atoms with E-state index in [0.717, 1.165) is 34.5 Å². The normalized spacial score (nSPS) is 15.5. The minimum Gasteiger partial charge on any atom is -0.257 e. The Labute approximate surface area is 213 Å². The van der Waals surface area contributed by atoms with Gasteiger partial charge in [-0.05, 0) is 47.5 Å². The summed E-state index contributed by atoms with van der Waals surface area (Å²) >= 11 is 0. The second-order valence-electron chi connectivity index (χ2n) is 11.1. The summed E-state index contributed by atoms with van der Waals surface area (Å²) < 4.78 is 0. The van der Waals surface area contributed by atoms with Crippen molar-refractivity contribution in [2.24, 2.45) is 5.10 Å². The van der Waals surface area contributed by atoms with E-state index in [9.17, 15) is 0 Å². The van der Waals surface area contributed by atoms with Crippen LogP contribution < -0.4 is 5.01 Å². The van der Waals surface area contributed by atoms with Crippen molar-refractivity contribution < 1.29 is 0 Å². The zero-order valence-corrected chi connectivity index (χ0v) is 23.7. The highest BCUT2D eigenvalue weighted by Crippen LogP contribution is 2.36. The molecule has 0 saturated heterocycles. The van der Waals surface area contributed by atoms with Crippen LogP contribution in [-0.2, 0) is 0 Å². The maximum atomic E-state index is 5.09. The maximum absolute atomic E-state index is 5.09. The average molecular weight is 491 g/mol. The van der Waals surface area contributed by atoms with Gasteiger partial charge in [-0.15, -0.1) is 11.1 Å². The average Bonchev–Trinajstić information content (AvgIpc) is 3.27. The molecule has 0 N–H and O–H groups in total. The number of anilines is 1. The third-order valence-electron chi connectivity index (χ3n) is 5.61. The fraction of sp³-hybridized carbons (Fsp3) is 0.258. The molecular formula is C31H34N2Si2. The summed E-state index contributed by atoms with van der Waals surface area (Å²) in [6.45, 7) is 13.6. The Bertz CT molecular complexity index is 1320. The Morgan fingerprint density at radius 2 is 1.20 bits per heavy atom. The Kier molecular flexibility index (Phi) is 7.17. The molecule has 1 heterocycles. The quantitative estimate of drug-likeness (QED) is 0.274. The summed E-state index contributed by atoms with van der Waals surface area (Å²) in [5, 5.41) is 7.25. The Morgan fingerprint density at radius 3 is 1.71 bits per heavy atom. The minimum atomic E-state index is -1.39. The number of benzene rings is 3. The molecule has 3 aromatic rings. The molecule has 3 aromatic carbocycles. The monoisotopic (exact) mass is 490 g/mol. The van der Waals surface area contributed by atoms with Crippen molar-refractivity contribution in [3.8, 4) is 22.9 Å². The van der Waals surface area contributed by atoms with Crippen molar-refractivity contribution in [3.05, 3.63) is 101 Å².